The Morgan fingerprint density at radius 1 is 0.778 bits per heavy atom. The molecular formula is C17H20O. The summed E-state index contributed by atoms with van der Waals surface area (Å²) >= 11 is 0. The van der Waals surface area contributed by atoms with E-state index in [-0.39, 0.29) is 6.10 Å². The number of aliphatic hydroxyl groups is 1. The predicted molar refractivity (Wildman–Crippen MR) is 75.4 cm³/mol. The maximum Gasteiger partial charge on any atom is 0.0790 e. The van der Waals surface area contributed by atoms with Gasteiger partial charge in [0.25, 0.3) is 0 Å². The lowest BCUT2D eigenvalue weighted by molar-refractivity contribution is 0.163. The van der Waals surface area contributed by atoms with Gasteiger partial charge in [0.2, 0.25) is 0 Å². The van der Waals surface area contributed by atoms with Crippen molar-refractivity contribution in [2.45, 2.75) is 31.8 Å². The molecule has 0 bridgehead atoms. The monoisotopic (exact) mass is 240 g/mol. The van der Waals surface area contributed by atoms with Crippen molar-refractivity contribution >= 4 is 0 Å². The molecule has 18 heavy (non-hydrogen) atoms. The summed E-state index contributed by atoms with van der Waals surface area (Å²) in [7, 11) is 0. The Labute approximate surface area is 109 Å². The van der Waals surface area contributed by atoms with Crippen LogP contribution in [0, 0.1) is 0 Å². The van der Waals surface area contributed by atoms with Crippen LogP contribution in [-0.4, -0.2) is 5.11 Å². The molecule has 94 valence electrons. The molecule has 0 saturated heterocycles. The Morgan fingerprint density at radius 2 is 1.39 bits per heavy atom. The second-order valence-electron chi connectivity index (χ2n) is 4.66. The van der Waals surface area contributed by atoms with Crippen LogP contribution in [-0.2, 0) is 6.42 Å². The van der Waals surface area contributed by atoms with E-state index in [0.29, 0.717) is 0 Å². The maximum atomic E-state index is 10.0. The fourth-order valence-electron chi connectivity index (χ4n) is 2.15. The van der Waals surface area contributed by atoms with Gasteiger partial charge in [-0.05, 0) is 30.4 Å². The second-order valence-corrected chi connectivity index (χ2v) is 4.66. The first-order valence-corrected chi connectivity index (χ1v) is 6.63. The molecule has 0 heterocycles. The van der Waals surface area contributed by atoms with E-state index in [1.54, 1.807) is 0 Å². The third-order valence-corrected chi connectivity index (χ3v) is 3.22. The van der Waals surface area contributed by atoms with Crippen LogP contribution in [0.2, 0.25) is 0 Å². The Kier molecular flexibility index (Phi) is 4.98. The number of benzene rings is 2. The van der Waals surface area contributed by atoms with Crippen LogP contribution in [0.1, 0.15) is 36.5 Å². The Bertz CT molecular complexity index is 436. The zero-order valence-corrected chi connectivity index (χ0v) is 10.6. The lowest BCUT2D eigenvalue weighted by Crippen LogP contribution is -1.97. The zero-order chi connectivity index (χ0) is 12.6. The Hall–Kier alpha value is -1.60. The minimum atomic E-state index is -0.318. The normalized spacial score (nSPS) is 12.3. The smallest absolute Gasteiger partial charge is 0.0790 e. The van der Waals surface area contributed by atoms with E-state index in [0.717, 1.165) is 31.2 Å². The van der Waals surface area contributed by atoms with Crippen molar-refractivity contribution in [3.63, 3.8) is 0 Å². The van der Waals surface area contributed by atoms with Crippen LogP contribution < -0.4 is 0 Å². The summed E-state index contributed by atoms with van der Waals surface area (Å²) in [5.41, 5.74) is 2.41. The molecular weight excluding hydrogens is 220 g/mol. The first-order valence-electron chi connectivity index (χ1n) is 6.63. The summed E-state index contributed by atoms with van der Waals surface area (Å²) < 4.78 is 0. The average Bonchev–Trinajstić information content (AvgIpc) is 2.45. The summed E-state index contributed by atoms with van der Waals surface area (Å²) in [6.45, 7) is 0. The Balaban J connectivity index is 1.70. The van der Waals surface area contributed by atoms with Gasteiger partial charge < -0.3 is 5.11 Å². The molecule has 0 aliphatic heterocycles. The van der Waals surface area contributed by atoms with Crippen molar-refractivity contribution in [2.75, 3.05) is 0 Å². The van der Waals surface area contributed by atoms with E-state index >= 15 is 0 Å². The number of aliphatic hydroxyl groups excluding tert-OH is 1. The van der Waals surface area contributed by atoms with Gasteiger partial charge in [0.1, 0.15) is 0 Å². The van der Waals surface area contributed by atoms with Crippen molar-refractivity contribution in [1.82, 2.24) is 0 Å². The van der Waals surface area contributed by atoms with Gasteiger partial charge in [-0.25, -0.2) is 0 Å². The number of rotatable bonds is 6. The summed E-state index contributed by atoms with van der Waals surface area (Å²) in [5, 5.41) is 10.0. The highest BCUT2D eigenvalue weighted by Crippen LogP contribution is 2.19. The SMILES string of the molecule is O[C@H](CCCCc1ccccc1)c1ccccc1. The predicted octanol–water partition coefficient (Wildman–Crippen LogP) is 4.13. The standard InChI is InChI=1S/C17H20O/c18-17(16-12-5-2-6-13-16)14-8-7-11-15-9-3-1-4-10-15/h1-6,9-10,12-13,17-18H,7-8,11,14H2/t17-/m1/s1. The molecule has 0 spiro atoms. The molecule has 0 aromatic heterocycles. The van der Waals surface area contributed by atoms with E-state index in [2.05, 4.69) is 24.3 Å². The number of hydrogen-bond acceptors (Lipinski definition) is 1. The third-order valence-electron chi connectivity index (χ3n) is 3.22. The van der Waals surface area contributed by atoms with Gasteiger partial charge in [0, 0.05) is 0 Å². The lowest BCUT2D eigenvalue weighted by Gasteiger charge is -2.10. The highest BCUT2D eigenvalue weighted by Gasteiger charge is 2.05. The molecule has 0 aliphatic rings. The first-order chi connectivity index (χ1) is 8.86. The number of aryl methyl sites for hydroxylation is 1. The van der Waals surface area contributed by atoms with Gasteiger partial charge >= 0.3 is 0 Å². The van der Waals surface area contributed by atoms with Crippen molar-refractivity contribution in [2.24, 2.45) is 0 Å². The van der Waals surface area contributed by atoms with Crippen molar-refractivity contribution < 1.29 is 5.11 Å². The van der Waals surface area contributed by atoms with Crippen LogP contribution in [0.3, 0.4) is 0 Å². The molecule has 1 nitrogen and oxygen atoms in total. The average molecular weight is 240 g/mol. The van der Waals surface area contributed by atoms with Gasteiger partial charge in [-0.3, -0.25) is 0 Å². The van der Waals surface area contributed by atoms with Crippen molar-refractivity contribution in [3.05, 3.63) is 71.8 Å². The molecule has 2 aromatic carbocycles. The third kappa shape index (κ3) is 4.01. The fourth-order valence-corrected chi connectivity index (χ4v) is 2.15. The number of hydrogen-bond donors (Lipinski definition) is 1. The maximum absolute atomic E-state index is 10.0. The molecule has 1 heteroatoms. The largest absolute Gasteiger partial charge is 0.388 e. The highest BCUT2D eigenvalue weighted by atomic mass is 16.3. The van der Waals surface area contributed by atoms with Gasteiger partial charge in [0.05, 0.1) is 6.10 Å². The summed E-state index contributed by atoms with van der Waals surface area (Å²) in [4.78, 5) is 0. The van der Waals surface area contributed by atoms with Crippen LogP contribution >= 0.6 is 0 Å². The molecule has 0 aliphatic carbocycles. The topological polar surface area (TPSA) is 20.2 Å². The minimum absolute atomic E-state index is 0.318. The zero-order valence-electron chi connectivity index (χ0n) is 10.6. The molecule has 1 N–H and O–H groups in total. The van der Waals surface area contributed by atoms with E-state index in [9.17, 15) is 5.11 Å². The van der Waals surface area contributed by atoms with E-state index in [1.807, 2.05) is 36.4 Å². The van der Waals surface area contributed by atoms with E-state index < -0.39 is 0 Å². The van der Waals surface area contributed by atoms with Gasteiger partial charge in [-0.2, -0.15) is 0 Å². The molecule has 0 saturated carbocycles. The van der Waals surface area contributed by atoms with Crippen LogP contribution in [0.15, 0.2) is 60.7 Å². The van der Waals surface area contributed by atoms with E-state index in [4.69, 9.17) is 0 Å². The van der Waals surface area contributed by atoms with Crippen LogP contribution in [0.4, 0.5) is 0 Å². The molecule has 2 aromatic rings. The minimum Gasteiger partial charge on any atom is -0.388 e. The van der Waals surface area contributed by atoms with Gasteiger partial charge in [-0.1, -0.05) is 67.1 Å². The fraction of sp³-hybridized carbons (Fsp3) is 0.294. The molecule has 2 rings (SSSR count). The second kappa shape index (κ2) is 6.97. The van der Waals surface area contributed by atoms with Crippen molar-refractivity contribution in [3.8, 4) is 0 Å². The quantitative estimate of drug-likeness (QED) is 0.753. The van der Waals surface area contributed by atoms with Crippen LogP contribution in [0.25, 0.3) is 0 Å². The highest BCUT2D eigenvalue weighted by molar-refractivity contribution is 5.17. The molecule has 0 unspecified atom stereocenters. The lowest BCUT2D eigenvalue weighted by atomic mass is 10.0. The summed E-state index contributed by atoms with van der Waals surface area (Å²) in [6.07, 6.45) is 3.82. The molecule has 0 amide bonds. The van der Waals surface area contributed by atoms with Gasteiger partial charge in [-0.15, -0.1) is 0 Å². The molecule has 1 atom stereocenters. The molecule has 0 radical (unpaired) electrons. The molecule has 0 fully saturated rings. The van der Waals surface area contributed by atoms with Crippen LogP contribution in [0.5, 0.6) is 0 Å². The first kappa shape index (κ1) is 12.8. The Morgan fingerprint density at radius 3 is 2.06 bits per heavy atom. The summed E-state index contributed by atoms with van der Waals surface area (Å²) in [6, 6.07) is 20.4. The number of unbranched alkanes of at least 4 members (excludes halogenated alkanes) is 1. The van der Waals surface area contributed by atoms with E-state index in [1.165, 1.54) is 5.56 Å². The summed E-state index contributed by atoms with van der Waals surface area (Å²) in [5.74, 6) is 0. The van der Waals surface area contributed by atoms with Crippen molar-refractivity contribution in [1.29, 1.82) is 0 Å². The van der Waals surface area contributed by atoms with Gasteiger partial charge in [0.15, 0.2) is 0 Å².